The number of allylic oxidation sites excluding steroid dienone is 2. The molecule has 0 amide bonds. The molecule has 1 nitrogen and oxygen atoms in total. The first-order chi connectivity index (χ1) is 7.31. The van der Waals surface area contributed by atoms with E-state index in [1.54, 1.807) is 0 Å². The summed E-state index contributed by atoms with van der Waals surface area (Å²) in [4.78, 5) is 11.4. The molecule has 0 rings (SSSR count). The number of Topliss-reactive ketones (excluding diaryl/α,β-unsaturated/α-hetero) is 1. The summed E-state index contributed by atoms with van der Waals surface area (Å²) in [6.45, 7) is 7.34. The fraction of sp³-hybridized carbons (Fsp3) is 0.643. The summed E-state index contributed by atoms with van der Waals surface area (Å²) in [5.74, 6) is 0.428. The van der Waals surface area contributed by atoms with Gasteiger partial charge in [-0.15, -0.1) is 13.2 Å². The number of hydrogen-bond donors (Lipinski definition) is 0. The van der Waals surface area contributed by atoms with Crippen LogP contribution >= 0.6 is 0 Å². The number of carbonyl (C=O) groups is 1. The fourth-order valence-corrected chi connectivity index (χ4v) is 1.52. The lowest BCUT2D eigenvalue weighted by molar-refractivity contribution is -0.119. The molecule has 0 aromatic carbocycles. The Morgan fingerprint density at radius 1 is 0.800 bits per heavy atom. The Balaban J connectivity index is 3.18. The van der Waals surface area contributed by atoms with Crippen LogP contribution in [0, 0.1) is 0 Å². The second-order valence-corrected chi connectivity index (χ2v) is 3.96. The third kappa shape index (κ3) is 11.1. The lowest BCUT2D eigenvalue weighted by Crippen LogP contribution is -1.97. The predicted molar refractivity (Wildman–Crippen MR) is 67.0 cm³/mol. The summed E-state index contributed by atoms with van der Waals surface area (Å²) in [6, 6.07) is 0. The van der Waals surface area contributed by atoms with Gasteiger partial charge in [-0.3, -0.25) is 4.79 Å². The molecule has 0 spiro atoms. The van der Waals surface area contributed by atoms with Crippen molar-refractivity contribution in [3.8, 4) is 0 Å². The summed E-state index contributed by atoms with van der Waals surface area (Å²) in [6.07, 6.45) is 13.0. The topological polar surface area (TPSA) is 17.1 Å². The molecule has 0 radical (unpaired) electrons. The number of ketones is 1. The van der Waals surface area contributed by atoms with Gasteiger partial charge in [0.05, 0.1) is 0 Å². The fourth-order valence-electron chi connectivity index (χ4n) is 1.52. The van der Waals surface area contributed by atoms with E-state index >= 15 is 0 Å². The van der Waals surface area contributed by atoms with Crippen LogP contribution < -0.4 is 0 Å². The van der Waals surface area contributed by atoms with E-state index in [0.29, 0.717) is 5.78 Å². The van der Waals surface area contributed by atoms with Crippen molar-refractivity contribution < 1.29 is 4.79 Å². The molecule has 0 N–H and O–H groups in total. The SMILES string of the molecule is C=CCCCCCC(=O)CCCCC=C. The van der Waals surface area contributed by atoms with Gasteiger partial charge in [-0.25, -0.2) is 0 Å². The Bertz CT molecular complexity index is 182. The van der Waals surface area contributed by atoms with Crippen LogP contribution in [-0.2, 0) is 4.79 Å². The molecular weight excluding hydrogens is 184 g/mol. The van der Waals surface area contributed by atoms with Crippen molar-refractivity contribution in [2.24, 2.45) is 0 Å². The van der Waals surface area contributed by atoms with Crippen molar-refractivity contribution in [1.82, 2.24) is 0 Å². The first kappa shape index (κ1) is 14.2. The standard InChI is InChI=1S/C14H24O/c1-3-5-7-9-11-13-14(15)12-10-8-6-4-2/h3-4H,1-2,5-13H2. The molecule has 86 valence electrons. The Kier molecular flexibility index (Phi) is 10.6. The van der Waals surface area contributed by atoms with Crippen molar-refractivity contribution in [2.75, 3.05) is 0 Å². The maximum absolute atomic E-state index is 11.4. The molecule has 0 aromatic rings. The highest BCUT2D eigenvalue weighted by Crippen LogP contribution is 2.08. The first-order valence-electron chi connectivity index (χ1n) is 6.04. The van der Waals surface area contributed by atoms with Crippen LogP contribution in [0.1, 0.15) is 57.8 Å². The first-order valence-corrected chi connectivity index (χ1v) is 6.04. The van der Waals surface area contributed by atoms with Crippen LogP contribution in [-0.4, -0.2) is 5.78 Å². The zero-order valence-corrected chi connectivity index (χ0v) is 9.84. The maximum Gasteiger partial charge on any atom is 0.132 e. The van der Waals surface area contributed by atoms with Crippen LogP contribution in [0.4, 0.5) is 0 Å². The second-order valence-electron chi connectivity index (χ2n) is 3.96. The highest BCUT2D eigenvalue weighted by molar-refractivity contribution is 5.78. The smallest absolute Gasteiger partial charge is 0.132 e. The molecule has 0 fully saturated rings. The molecule has 0 aromatic heterocycles. The largest absolute Gasteiger partial charge is 0.300 e. The van der Waals surface area contributed by atoms with Gasteiger partial charge in [0.1, 0.15) is 5.78 Å². The summed E-state index contributed by atoms with van der Waals surface area (Å²) in [5.41, 5.74) is 0. The van der Waals surface area contributed by atoms with Crippen molar-refractivity contribution in [1.29, 1.82) is 0 Å². The monoisotopic (exact) mass is 208 g/mol. The van der Waals surface area contributed by atoms with Gasteiger partial charge >= 0.3 is 0 Å². The molecule has 0 saturated heterocycles. The van der Waals surface area contributed by atoms with Gasteiger partial charge in [0.25, 0.3) is 0 Å². The Labute approximate surface area is 94.3 Å². The van der Waals surface area contributed by atoms with E-state index in [4.69, 9.17) is 0 Å². The number of carbonyl (C=O) groups excluding carboxylic acids is 1. The van der Waals surface area contributed by atoms with Gasteiger partial charge in [0, 0.05) is 12.8 Å². The highest BCUT2D eigenvalue weighted by Gasteiger charge is 2.00. The van der Waals surface area contributed by atoms with Crippen molar-refractivity contribution >= 4 is 5.78 Å². The minimum Gasteiger partial charge on any atom is -0.300 e. The predicted octanol–water partition coefficient (Wildman–Crippen LogP) is 4.44. The Hall–Kier alpha value is -0.850. The molecule has 0 atom stereocenters. The van der Waals surface area contributed by atoms with Gasteiger partial charge in [-0.05, 0) is 38.5 Å². The van der Waals surface area contributed by atoms with E-state index in [1.165, 1.54) is 6.42 Å². The summed E-state index contributed by atoms with van der Waals surface area (Å²) in [5, 5.41) is 0. The maximum atomic E-state index is 11.4. The lowest BCUT2D eigenvalue weighted by Gasteiger charge is -2.00. The third-order valence-corrected chi connectivity index (χ3v) is 2.48. The van der Waals surface area contributed by atoms with Crippen LogP contribution in [0.5, 0.6) is 0 Å². The van der Waals surface area contributed by atoms with E-state index in [2.05, 4.69) is 13.2 Å². The normalized spacial score (nSPS) is 9.87. The summed E-state index contributed by atoms with van der Waals surface area (Å²) >= 11 is 0. The van der Waals surface area contributed by atoms with Gasteiger partial charge in [0.15, 0.2) is 0 Å². The molecule has 0 unspecified atom stereocenters. The zero-order chi connectivity index (χ0) is 11.4. The van der Waals surface area contributed by atoms with Gasteiger partial charge in [0.2, 0.25) is 0 Å². The highest BCUT2D eigenvalue weighted by atomic mass is 16.1. The molecule has 0 aliphatic rings. The second kappa shape index (κ2) is 11.2. The molecule has 0 heterocycles. The minimum absolute atomic E-state index is 0.428. The van der Waals surface area contributed by atoms with E-state index in [1.807, 2.05) is 12.2 Å². The number of rotatable bonds is 11. The molecule has 0 aliphatic heterocycles. The van der Waals surface area contributed by atoms with Gasteiger partial charge in [-0.2, -0.15) is 0 Å². The third-order valence-electron chi connectivity index (χ3n) is 2.48. The van der Waals surface area contributed by atoms with Crippen LogP contribution in [0.25, 0.3) is 0 Å². The van der Waals surface area contributed by atoms with Crippen molar-refractivity contribution in [3.63, 3.8) is 0 Å². The average Bonchev–Trinajstić information content (AvgIpc) is 2.24. The van der Waals surface area contributed by atoms with E-state index in [9.17, 15) is 4.79 Å². The van der Waals surface area contributed by atoms with Crippen molar-refractivity contribution in [2.45, 2.75) is 57.8 Å². The molecule has 0 saturated carbocycles. The molecule has 1 heteroatoms. The molecule has 0 bridgehead atoms. The summed E-state index contributed by atoms with van der Waals surface area (Å²) < 4.78 is 0. The van der Waals surface area contributed by atoms with E-state index < -0.39 is 0 Å². The average molecular weight is 208 g/mol. The van der Waals surface area contributed by atoms with E-state index in [-0.39, 0.29) is 0 Å². The Morgan fingerprint density at radius 2 is 1.27 bits per heavy atom. The van der Waals surface area contributed by atoms with Gasteiger partial charge < -0.3 is 0 Å². The zero-order valence-electron chi connectivity index (χ0n) is 9.84. The van der Waals surface area contributed by atoms with Crippen LogP contribution in [0.3, 0.4) is 0 Å². The van der Waals surface area contributed by atoms with Crippen LogP contribution in [0.2, 0.25) is 0 Å². The molecular formula is C14H24O. The Morgan fingerprint density at radius 3 is 1.80 bits per heavy atom. The van der Waals surface area contributed by atoms with Gasteiger partial charge in [-0.1, -0.05) is 18.6 Å². The number of unbranched alkanes of at least 4 members (excludes halogenated alkanes) is 5. The summed E-state index contributed by atoms with van der Waals surface area (Å²) in [7, 11) is 0. The number of hydrogen-bond acceptors (Lipinski definition) is 1. The quantitative estimate of drug-likeness (QED) is 0.362. The molecule has 0 aliphatic carbocycles. The van der Waals surface area contributed by atoms with Crippen LogP contribution in [0.15, 0.2) is 25.3 Å². The van der Waals surface area contributed by atoms with E-state index in [0.717, 1.165) is 51.4 Å². The minimum atomic E-state index is 0.428. The molecule has 15 heavy (non-hydrogen) atoms. The van der Waals surface area contributed by atoms with Crippen molar-refractivity contribution in [3.05, 3.63) is 25.3 Å². The lowest BCUT2D eigenvalue weighted by atomic mass is 10.1.